The van der Waals surface area contributed by atoms with Gasteiger partial charge in [-0.1, -0.05) is 0 Å². The Kier molecular flexibility index (Phi) is 6.45. The van der Waals surface area contributed by atoms with E-state index in [2.05, 4.69) is 5.32 Å². The van der Waals surface area contributed by atoms with E-state index in [0.29, 0.717) is 57.6 Å². The van der Waals surface area contributed by atoms with Crippen molar-refractivity contribution in [3.05, 3.63) is 0 Å². The molecule has 2 fully saturated rings. The van der Waals surface area contributed by atoms with Gasteiger partial charge in [-0.25, -0.2) is 0 Å². The Bertz CT molecular complexity index is 348. The first kappa shape index (κ1) is 16.2. The second-order valence-corrected chi connectivity index (χ2v) is 6.08. The fourth-order valence-electron chi connectivity index (χ4n) is 3.01. The van der Waals surface area contributed by atoms with Crippen molar-refractivity contribution in [1.29, 1.82) is 0 Å². The number of carbonyl (C=O) groups excluding carboxylic acids is 2. The van der Waals surface area contributed by atoms with Gasteiger partial charge in [-0.05, 0) is 31.6 Å². The standard InChI is InChI=1S/C15H27N3O3/c16-13-3-1-12(2-4-13)11-14(19)17-6-5-15(20)18-7-9-21-10-8-18/h12-13H,1-11,16H2,(H,17,19). The number of ether oxygens (including phenoxy) is 1. The van der Waals surface area contributed by atoms with Crippen molar-refractivity contribution in [2.24, 2.45) is 11.7 Å². The van der Waals surface area contributed by atoms with Gasteiger partial charge in [-0.3, -0.25) is 9.59 Å². The summed E-state index contributed by atoms with van der Waals surface area (Å²) in [6, 6.07) is 0.315. The van der Waals surface area contributed by atoms with Crippen molar-refractivity contribution in [1.82, 2.24) is 10.2 Å². The highest BCUT2D eigenvalue weighted by Gasteiger charge is 2.21. The Balaban J connectivity index is 1.57. The minimum absolute atomic E-state index is 0.0604. The van der Waals surface area contributed by atoms with Crippen LogP contribution in [0.25, 0.3) is 0 Å². The van der Waals surface area contributed by atoms with Gasteiger partial charge < -0.3 is 20.7 Å². The van der Waals surface area contributed by atoms with Crippen LogP contribution in [0, 0.1) is 5.92 Å². The van der Waals surface area contributed by atoms with Crippen LogP contribution in [-0.2, 0) is 14.3 Å². The third-order valence-corrected chi connectivity index (χ3v) is 4.39. The highest BCUT2D eigenvalue weighted by molar-refractivity contribution is 5.79. The number of carbonyl (C=O) groups is 2. The van der Waals surface area contributed by atoms with Crippen LogP contribution in [0.4, 0.5) is 0 Å². The van der Waals surface area contributed by atoms with Crippen molar-refractivity contribution < 1.29 is 14.3 Å². The lowest BCUT2D eigenvalue weighted by molar-refractivity contribution is -0.135. The van der Waals surface area contributed by atoms with Crippen molar-refractivity contribution in [2.75, 3.05) is 32.8 Å². The topological polar surface area (TPSA) is 84.7 Å². The molecule has 1 aliphatic heterocycles. The first-order valence-electron chi connectivity index (χ1n) is 8.03. The minimum Gasteiger partial charge on any atom is -0.378 e. The molecule has 0 aromatic carbocycles. The minimum atomic E-state index is 0.0604. The van der Waals surface area contributed by atoms with Gasteiger partial charge in [0.1, 0.15) is 0 Å². The Hall–Kier alpha value is -1.14. The van der Waals surface area contributed by atoms with Gasteiger partial charge >= 0.3 is 0 Å². The second-order valence-electron chi connectivity index (χ2n) is 6.08. The number of hydrogen-bond donors (Lipinski definition) is 2. The molecule has 0 unspecified atom stereocenters. The summed E-state index contributed by atoms with van der Waals surface area (Å²) in [5.74, 6) is 0.618. The van der Waals surface area contributed by atoms with Crippen LogP contribution in [0.2, 0.25) is 0 Å². The van der Waals surface area contributed by atoms with Crippen molar-refractivity contribution in [3.8, 4) is 0 Å². The smallest absolute Gasteiger partial charge is 0.224 e. The van der Waals surface area contributed by atoms with Gasteiger partial charge in [0.25, 0.3) is 0 Å². The zero-order chi connectivity index (χ0) is 15.1. The molecule has 3 N–H and O–H groups in total. The molecule has 1 heterocycles. The molecule has 0 bridgehead atoms. The summed E-state index contributed by atoms with van der Waals surface area (Å²) in [4.78, 5) is 25.6. The van der Waals surface area contributed by atoms with E-state index in [1.165, 1.54) is 0 Å². The molecule has 6 heteroatoms. The molecule has 6 nitrogen and oxygen atoms in total. The predicted molar refractivity (Wildman–Crippen MR) is 79.6 cm³/mol. The number of hydrogen-bond acceptors (Lipinski definition) is 4. The summed E-state index contributed by atoms with van der Waals surface area (Å²) in [6.45, 7) is 2.98. The maximum atomic E-state index is 11.9. The van der Waals surface area contributed by atoms with E-state index in [1.54, 1.807) is 4.90 Å². The first-order valence-corrected chi connectivity index (χ1v) is 8.03. The van der Waals surface area contributed by atoms with Crippen LogP contribution in [0.3, 0.4) is 0 Å². The molecule has 1 saturated heterocycles. The molecule has 2 aliphatic rings. The number of nitrogens with zero attached hydrogens (tertiary/aromatic N) is 1. The summed E-state index contributed by atoms with van der Waals surface area (Å²) in [5, 5.41) is 2.86. The van der Waals surface area contributed by atoms with E-state index in [-0.39, 0.29) is 11.8 Å². The molecule has 0 atom stereocenters. The Morgan fingerprint density at radius 1 is 1.14 bits per heavy atom. The molecule has 0 spiro atoms. The average Bonchev–Trinajstić information content (AvgIpc) is 2.50. The largest absolute Gasteiger partial charge is 0.378 e. The number of nitrogens with two attached hydrogens (primary N) is 1. The van der Waals surface area contributed by atoms with Gasteiger partial charge in [0.2, 0.25) is 11.8 Å². The molecule has 2 rings (SSSR count). The lowest BCUT2D eigenvalue weighted by Crippen LogP contribution is -2.42. The third-order valence-electron chi connectivity index (χ3n) is 4.39. The van der Waals surface area contributed by atoms with Crippen LogP contribution < -0.4 is 11.1 Å². The summed E-state index contributed by atoms with van der Waals surface area (Å²) < 4.78 is 5.21. The Morgan fingerprint density at radius 3 is 2.48 bits per heavy atom. The summed E-state index contributed by atoms with van der Waals surface area (Å²) in [6.07, 6.45) is 5.07. The first-order chi connectivity index (χ1) is 10.1. The van der Waals surface area contributed by atoms with Crippen LogP contribution >= 0.6 is 0 Å². The van der Waals surface area contributed by atoms with E-state index in [1.807, 2.05) is 0 Å². The zero-order valence-corrected chi connectivity index (χ0v) is 12.7. The summed E-state index contributed by atoms with van der Waals surface area (Å²) in [5.41, 5.74) is 5.86. The van der Waals surface area contributed by atoms with Crippen molar-refractivity contribution >= 4 is 11.8 Å². The monoisotopic (exact) mass is 297 g/mol. The van der Waals surface area contributed by atoms with E-state index < -0.39 is 0 Å². The quantitative estimate of drug-likeness (QED) is 0.762. The molecular weight excluding hydrogens is 270 g/mol. The molecule has 120 valence electrons. The normalized spacial score (nSPS) is 26.4. The SMILES string of the molecule is NC1CCC(CC(=O)NCCC(=O)N2CCOCC2)CC1. The average molecular weight is 297 g/mol. The molecular formula is C15H27N3O3. The van der Waals surface area contributed by atoms with Crippen LogP contribution in [-0.4, -0.2) is 55.6 Å². The molecule has 1 saturated carbocycles. The van der Waals surface area contributed by atoms with Gasteiger partial charge in [-0.15, -0.1) is 0 Å². The Morgan fingerprint density at radius 2 is 1.81 bits per heavy atom. The van der Waals surface area contributed by atoms with E-state index >= 15 is 0 Å². The maximum absolute atomic E-state index is 11.9. The van der Waals surface area contributed by atoms with Gasteiger partial charge in [0.05, 0.1) is 13.2 Å². The fourth-order valence-corrected chi connectivity index (χ4v) is 3.01. The molecule has 0 aromatic rings. The van der Waals surface area contributed by atoms with Crippen LogP contribution in [0.5, 0.6) is 0 Å². The highest BCUT2D eigenvalue weighted by atomic mass is 16.5. The Labute approximate surface area is 126 Å². The lowest BCUT2D eigenvalue weighted by Gasteiger charge is -2.27. The van der Waals surface area contributed by atoms with Gasteiger partial charge in [0.15, 0.2) is 0 Å². The van der Waals surface area contributed by atoms with Gasteiger partial charge in [0, 0.05) is 38.5 Å². The third kappa shape index (κ3) is 5.63. The van der Waals surface area contributed by atoms with E-state index in [9.17, 15) is 9.59 Å². The van der Waals surface area contributed by atoms with Crippen LogP contribution in [0.1, 0.15) is 38.5 Å². The summed E-state index contributed by atoms with van der Waals surface area (Å²) >= 11 is 0. The molecule has 0 aromatic heterocycles. The van der Waals surface area contributed by atoms with Crippen molar-refractivity contribution in [2.45, 2.75) is 44.6 Å². The lowest BCUT2D eigenvalue weighted by atomic mass is 9.84. The number of amides is 2. The maximum Gasteiger partial charge on any atom is 0.224 e. The van der Waals surface area contributed by atoms with E-state index in [0.717, 1.165) is 25.7 Å². The highest BCUT2D eigenvalue weighted by Crippen LogP contribution is 2.25. The molecule has 1 aliphatic carbocycles. The van der Waals surface area contributed by atoms with Crippen molar-refractivity contribution in [3.63, 3.8) is 0 Å². The van der Waals surface area contributed by atoms with Crippen LogP contribution in [0.15, 0.2) is 0 Å². The number of nitrogens with one attached hydrogen (secondary N) is 1. The number of rotatable bonds is 5. The molecule has 2 amide bonds. The van der Waals surface area contributed by atoms with Gasteiger partial charge in [-0.2, -0.15) is 0 Å². The second kappa shape index (κ2) is 8.34. The molecule has 0 radical (unpaired) electrons. The predicted octanol–water partition coefficient (Wildman–Crippen LogP) is 0.259. The fraction of sp³-hybridized carbons (Fsp3) is 0.867. The molecule has 21 heavy (non-hydrogen) atoms. The number of morpholine rings is 1. The zero-order valence-electron chi connectivity index (χ0n) is 12.7. The summed E-state index contributed by atoms with van der Waals surface area (Å²) in [7, 11) is 0. The van der Waals surface area contributed by atoms with E-state index in [4.69, 9.17) is 10.5 Å².